The molecule has 1 aliphatic carbocycles. The Morgan fingerprint density at radius 3 is 1.35 bits per heavy atom. The first-order chi connectivity index (χ1) is 24.7. The minimum Gasteiger partial charge on any atom is -0.306 e. The van der Waals surface area contributed by atoms with Crippen molar-refractivity contribution >= 4 is 34.1 Å². The van der Waals surface area contributed by atoms with Gasteiger partial charge in [-0.25, -0.2) is 0 Å². The maximum Gasteiger partial charge on any atom is 0.0703 e. The average Bonchev–Trinajstić information content (AvgIpc) is 3.38. The number of fused-ring (bicyclic) bond motifs is 5. The molecule has 0 saturated carbocycles. The van der Waals surface area contributed by atoms with Crippen LogP contribution in [0.3, 0.4) is 0 Å². The molecule has 2 aliphatic rings. The highest BCUT2D eigenvalue weighted by atomic mass is 15.3. The summed E-state index contributed by atoms with van der Waals surface area (Å²) in [6.07, 6.45) is 0. The molecule has 0 bridgehead atoms. The maximum atomic E-state index is 2.45. The summed E-state index contributed by atoms with van der Waals surface area (Å²) in [6.45, 7) is 11.6. The van der Waals surface area contributed by atoms with Crippen molar-refractivity contribution < 1.29 is 0 Å². The second kappa shape index (κ2) is 11.6. The number of hydrogen-bond donors (Lipinski definition) is 0. The molecule has 1 heterocycles. The summed E-state index contributed by atoms with van der Waals surface area (Å²) in [5.41, 5.74) is 18.7. The van der Waals surface area contributed by atoms with E-state index in [0.29, 0.717) is 0 Å². The summed E-state index contributed by atoms with van der Waals surface area (Å²) in [6, 6.07) is 60.4. The third-order valence-electron chi connectivity index (χ3n) is 11.0. The summed E-state index contributed by atoms with van der Waals surface area (Å²) in [5.74, 6) is 0. The summed E-state index contributed by atoms with van der Waals surface area (Å²) in [4.78, 5) is 4.86. The van der Waals surface area contributed by atoms with E-state index in [1.165, 1.54) is 84.2 Å². The number of para-hydroxylation sites is 4. The molecule has 0 fully saturated rings. The minimum atomic E-state index is -0.156. The molecule has 0 aromatic heterocycles. The molecule has 0 N–H and O–H groups in total. The van der Waals surface area contributed by atoms with E-state index in [2.05, 4.69) is 208 Å². The monoisotopic (exact) mass is 658 g/mol. The Hall–Kier alpha value is -5.86. The van der Waals surface area contributed by atoms with Crippen molar-refractivity contribution in [1.29, 1.82) is 0 Å². The van der Waals surface area contributed by atoms with Crippen LogP contribution in [0.2, 0.25) is 0 Å². The standard InChI is InChI=1S/C49H42N2/c1-48(2,3)37-24-26-38(27-25-37)50-44-15-9-11-17-46(44)51(47-18-12-10-16-45(47)50)39-28-30-41-40-29-23-36(31-42(40)49(4,5)43(41)32-39)35-21-19-34(20-22-35)33-13-7-6-8-14-33/h6-32H,1-5H3. The highest BCUT2D eigenvalue weighted by Crippen LogP contribution is 2.56. The lowest BCUT2D eigenvalue weighted by Gasteiger charge is -2.40. The van der Waals surface area contributed by atoms with Crippen LogP contribution in [-0.4, -0.2) is 0 Å². The number of benzene rings is 7. The fourth-order valence-electron chi connectivity index (χ4n) is 8.14. The summed E-state index contributed by atoms with van der Waals surface area (Å²) < 4.78 is 0. The highest BCUT2D eigenvalue weighted by molar-refractivity contribution is 6.02. The SMILES string of the molecule is CC(C)(C)c1ccc(N2c3ccccc3N(c3ccc4c(c3)C(C)(C)c3cc(-c5ccc(-c6ccccc6)cc5)ccc3-4)c3ccccc32)cc1. The zero-order chi connectivity index (χ0) is 34.9. The predicted octanol–water partition coefficient (Wildman–Crippen LogP) is 13.9. The third kappa shape index (κ3) is 5.09. The van der Waals surface area contributed by atoms with Crippen molar-refractivity contribution in [3.05, 3.63) is 180 Å². The van der Waals surface area contributed by atoms with Crippen molar-refractivity contribution in [3.63, 3.8) is 0 Å². The second-order valence-corrected chi connectivity index (χ2v) is 15.5. The molecule has 2 heteroatoms. The Labute approximate surface area is 302 Å². The molecular formula is C49H42N2. The molecule has 1 aliphatic heterocycles. The Bertz CT molecular complexity index is 2360. The number of rotatable bonds is 4. The highest BCUT2D eigenvalue weighted by Gasteiger charge is 2.37. The van der Waals surface area contributed by atoms with Gasteiger partial charge < -0.3 is 9.80 Å². The summed E-state index contributed by atoms with van der Waals surface area (Å²) in [5, 5.41) is 0. The van der Waals surface area contributed by atoms with E-state index < -0.39 is 0 Å². The van der Waals surface area contributed by atoms with Crippen molar-refractivity contribution in [1.82, 2.24) is 0 Å². The van der Waals surface area contributed by atoms with Crippen LogP contribution in [0.4, 0.5) is 34.1 Å². The number of anilines is 6. The normalized spacial score (nSPS) is 14.1. The zero-order valence-corrected chi connectivity index (χ0v) is 30.0. The largest absolute Gasteiger partial charge is 0.306 e. The summed E-state index contributed by atoms with van der Waals surface area (Å²) in [7, 11) is 0. The second-order valence-electron chi connectivity index (χ2n) is 15.5. The van der Waals surface area contributed by atoms with E-state index in [0.717, 1.165) is 0 Å². The van der Waals surface area contributed by atoms with Crippen LogP contribution in [-0.2, 0) is 10.8 Å². The zero-order valence-electron chi connectivity index (χ0n) is 30.0. The Balaban J connectivity index is 1.10. The molecule has 0 radical (unpaired) electrons. The van der Waals surface area contributed by atoms with Gasteiger partial charge in [-0.05, 0) is 110 Å². The van der Waals surface area contributed by atoms with Gasteiger partial charge in [0.25, 0.3) is 0 Å². The molecule has 7 aromatic carbocycles. The molecule has 0 atom stereocenters. The van der Waals surface area contributed by atoms with Gasteiger partial charge in [0.2, 0.25) is 0 Å². The van der Waals surface area contributed by atoms with Crippen LogP contribution >= 0.6 is 0 Å². The smallest absolute Gasteiger partial charge is 0.0703 e. The van der Waals surface area contributed by atoms with Gasteiger partial charge in [-0.3, -0.25) is 0 Å². The first kappa shape index (κ1) is 31.1. The fraction of sp³-hybridized carbons (Fsp3) is 0.143. The van der Waals surface area contributed by atoms with E-state index in [1.807, 2.05) is 0 Å². The van der Waals surface area contributed by atoms with Crippen LogP contribution in [0.1, 0.15) is 51.3 Å². The van der Waals surface area contributed by atoms with Crippen LogP contribution < -0.4 is 9.80 Å². The van der Waals surface area contributed by atoms with Gasteiger partial charge in [0.15, 0.2) is 0 Å². The quantitative estimate of drug-likeness (QED) is 0.186. The van der Waals surface area contributed by atoms with E-state index in [9.17, 15) is 0 Å². The van der Waals surface area contributed by atoms with E-state index in [4.69, 9.17) is 0 Å². The van der Waals surface area contributed by atoms with Crippen molar-refractivity contribution in [3.8, 4) is 33.4 Å². The molecule has 0 spiro atoms. The van der Waals surface area contributed by atoms with Crippen LogP contribution in [0.5, 0.6) is 0 Å². The van der Waals surface area contributed by atoms with Crippen molar-refractivity contribution in [2.75, 3.05) is 9.80 Å². The third-order valence-corrected chi connectivity index (χ3v) is 11.0. The average molecular weight is 659 g/mol. The van der Waals surface area contributed by atoms with E-state index in [1.54, 1.807) is 0 Å². The first-order valence-electron chi connectivity index (χ1n) is 18.0. The van der Waals surface area contributed by atoms with Gasteiger partial charge in [-0.1, -0.05) is 144 Å². The Morgan fingerprint density at radius 1 is 0.392 bits per heavy atom. The van der Waals surface area contributed by atoms with Gasteiger partial charge in [0.1, 0.15) is 0 Å². The van der Waals surface area contributed by atoms with Crippen LogP contribution in [0.25, 0.3) is 33.4 Å². The van der Waals surface area contributed by atoms with Crippen molar-refractivity contribution in [2.24, 2.45) is 0 Å². The van der Waals surface area contributed by atoms with Gasteiger partial charge in [0, 0.05) is 16.8 Å². The summed E-state index contributed by atoms with van der Waals surface area (Å²) >= 11 is 0. The van der Waals surface area contributed by atoms with E-state index in [-0.39, 0.29) is 10.8 Å². The molecular weight excluding hydrogens is 617 g/mol. The number of hydrogen-bond acceptors (Lipinski definition) is 2. The lowest BCUT2D eigenvalue weighted by atomic mass is 9.81. The van der Waals surface area contributed by atoms with Crippen LogP contribution in [0.15, 0.2) is 164 Å². The molecule has 0 unspecified atom stereocenters. The van der Waals surface area contributed by atoms with Gasteiger partial charge in [0.05, 0.1) is 22.7 Å². The molecule has 2 nitrogen and oxygen atoms in total. The molecule has 0 saturated heterocycles. The molecule has 9 rings (SSSR count). The van der Waals surface area contributed by atoms with E-state index >= 15 is 0 Å². The lowest BCUT2D eigenvalue weighted by Crippen LogP contribution is -2.24. The molecule has 0 amide bonds. The Morgan fingerprint density at radius 2 is 0.804 bits per heavy atom. The maximum absolute atomic E-state index is 2.45. The van der Waals surface area contributed by atoms with Gasteiger partial charge in [-0.15, -0.1) is 0 Å². The minimum absolute atomic E-state index is 0.101. The predicted molar refractivity (Wildman–Crippen MR) is 217 cm³/mol. The van der Waals surface area contributed by atoms with Gasteiger partial charge >= 0.3 is 0 Å². The molecule has 51 heavy (non-hydrogen) atoms. The van der Waals surface area contributed by atoms with Gasteiger partial charge in [-0.2, -0.15) is 0 Å². The van der Waals surface area contributed by atoms with Crippen LogP contribution in [0, 0.1) is 0 Å². The topological polar surface area (TPSA) is 6.48 Å². The first-order valence-corrected chi connectivity index (χ1v) is 18.0. The lowest BCUT2D eigenvalue weighted by molar-refractivity contribution is 0.590. The molecule has 248 valence electrons. The fourth-order valence-corrected chi connectivity index (χ4v) is 8.14. The Kier molecular flexibility index (Phi) is 7.09. The molecule has 7 aromatic rings. The number of nitrogens with zero attached hydrogens (tertiary/aromatic N) is 2. The van der Waals surface area contributed by atoms with Crippen molar-refractivity contribution in [2.45, 2.75) is 45.4 Å².